The van der Waals surface area contributed by atoms with E-state index in [1.807, 2.05) is 0 Å². The first-order chi connectivity index (χ1) is 17.3. The van der Waals surface area contributed by atoms with E-state index < -0.39 is 29.8 Å². The Morgan fingerprint density at radius 1 is 1.25 bits per heavy atom. The number of pyridine rings is 1. The van der Waals surface area contributed by atoms with Gasteiger partial charge in [-0.2, -0.15) is 0 Å². The second kappa shape index (κ2) is 13.8. The first kappa shape index (κ1) is 28.2. The van der Waals surface area contributed by atoms with E-state index in [1.165, 1.54) is 5.56 Å². The zero-order chi connectivity index (χ0) is 26.0. The highest BCUT2D eigenvalue weighted by Gasteiger charge is 2.38. The van der Waals surface area contributed by atoms with Gasteiger partial charge in [0.25, 0.3) is 0 Å². The Hall–Kier alpha value is -2.33. The maximum atomic E-state index is 13.4. The standard InChI is InChI=1S/C26H40F2N4O4/c1-36-18-17-32(15-3-2-6-21-8-7-19-5-4-14-29-23(19)30-21)16-11-22(25(34)35)31-24(33)20-9-12-26(27,28)13-10-20/h7-8,20,22H,2-6,9-18H2,1H3,(H,29,30)(H,31,33)(H,34,35). The van der Waals surface area contributed by atoms with E-state index in [4.69, 9.17) is 9.72 Å². The van der Waals surface area contributed by atoms with Crippen LogP contribution in [0.15, 0.2) is 12.1 Å². The predicted octanol–water partition coefficient (Wildman–Crippen LogP) is 3.50. The van der Waals surface area contributed by atoms with Crippen LogP contribution in [0.5, 0.6) is 0 Å². The molecule has 1 amide bonds. The third kappa shape index (κ3) is 8.96. The van der Waals surface area contributed by atoms with Gasteiger partial charge in [0.1, 0.15) is 11.9 Å². The summed E-state index contributed by atoms with van der Waals surface area (Å²) >= 11 is 0. The molecule has 8 nitrogen and oxygen atoms in total. The number of carbonyl (C=O) groups excluding carboxylic acids is 1. The summed E-state index contributed by atoms with van der Waals surface area (Å²) in [6, 6.07) is 3.22. The number of ether oxygens (including phenoxy) is 1. The lowest BCUT2D eigenvalue weighted by molar-refractivity contribution is -0.143. The van der Waals surface area contributed by atoms with Gasteiger partial charge in [0.2, 0.25) is 11.8 Å². The van der Waals surface area contributed by atoms with Gasteiger partial charge in [-0.3, -0.25) is 4.79 Å². The van der Waals surface area contributed by atoms with Crippen LogP contribution in [0.25, 0.3) is 0 Å². The Balaban J connectivity index is 1.43. The fraction of sp³-hybridized carbons (Fsp3) is 0.731. The lowest BCUT2D eigenvalue weighted by atomic mass is 9.86. The van der Waals surface area contributed by atoms with E-state index in [0.717, 1.165) is 56.7 Å². The van der Waals surface area contributed by atoms with Crippen molar-refractivity contribution in [3.63, 3.8) is 0 Å². The van der Waals surface area contributed by atoms with Crippen LogP contribution in [-0.2, 0) is 27.2 Å². The largest absolute Gasteiger partial charge is 0.480 e. The van der Waals surface area contributed by atoms with E-state index in [1.54, 1.807) is 7.11 Å². The van der Waals surface area contributed by atoms with E-state index in [9.17, 15) is 23.5 Å². The first-order valence-corrected chi connectivity index (χ1v) is 13.1. The molecule has 0 saturated heterocycles. The van der Waals surface area contributed by atoms with E-state index in [2.05, 4.69) is 27.7 Å². The molecule has 10 heteroatoms. The van der Waals surface area contributed by atoms with Crippen molar-refractivity contribution in [2.45, 2.75) is 76.2 Å². The molecule has 36 heavy (non-hydrogen) atoms. The van der Waals surface area contributed by atoms with Crippen LogP contribution in [0.4, 0.5) is 14.6 Å². The Kier molecular flexibility index (Phi) is 10.9. The second-order valence-corrected chi connectivity index (χ2v) is 9.95. The number of anilines is 1. The minimum atomic E-state index is -2.72. The molecule has 1 aliphatic heterocycles. The molecule has 0 spiro atoms. The average Bonchev–Trinajstić information content (AvgIpc) is 2.86. The third-order valence-corrected chi connectivity index (χ3v) is 7.16. The van der Waals surface area contributed by atoms with Crippen LogP contribution in [0.1, 0.15) is 62.6 Å². The molecule has 1 fully saturated rings. The van der Waals surface area contributed by atoms with E-state index in [0.29, 0.717) is 19.7 Å². The molecule has 1 atom stereocenters. The maximum absolute atomic E-state index is 13.4. The predicted molar refractivity (Wildman–Crippen MR) is 133 cm³/mol. The Morgan fingerprint density at radius 2 is 2.03 bits per heavy atom. The smallest absolute Gasteiger partial charge is 0.326 e. The summed E-state index contributed by atoms with van der Waals surface area (Å²) in [5, 5.41) is 15.6. The molecule has 0 aromatic carbocycles. The Bertz CT molecular complexity index is 860. The monoisotopic (exact) mass is 510 g/mol. The SMILES string of the molecule is COCCN(CCCCc1ccc2c(n1)NCCC2)CCC(NC(=O)C1CCC(F)(F)CC1)C(=O)O. The van der Waals surface area contributed by atoms with Crippen molar-refractivity contribution < 1.29 is 28.2 Å². The molecular formula is C26H40F2N4O4. The number of halogens is 2. The number of unbranched alkanes of at least 4 members (excludes halogenated alkanes) is 1. The lowest BCUT2D eigenvalue weighted by Crippen LogP contribution is -2.46. The summed E-state index contributed by atoms with van der Waals surface area (Å²) < 4.78 is 32.0. The van der Waals surface area contributed by atoms with Gasteiger partial charge in [0, 0.05) is 51.2 Å². The highest BCUT2D eigenvalue weighted by atomic mass is 19.3. The topological polar surface area (TPSA) is 104 Å². The van der Waals surface area contributed by atoms with E-state index in [-0.39, 0.29) is 32.1 Å². The first-order valence-electron chi connectivity index (χ1n) is 13.1. The molecule has 0 bridgehead atoms. The number of aliphatic carboxylic acids is 1. The van der Waals surface area contributed by atoms with Crippen LogP contribution in [-0.4, -0.2) is 78.7 Å². The number of alkyl halides is 2. The van der Waals surface area contributed by atoms with Gasteiger partial charge in [-0.1, -0.05) is 6.07 Å². The van der Waals surface area contributed by atoms with Crippen molar-refractivity contribution in [3.8, 4) is 0 Å². The lowest BCUT2D eigenvalue weighted by Gasteiger charge is -2.29. The van der Waals surface area contributed by atoms with Crippen LogP contribution >= 0.6 is 0 Å². The molecule has 3 rings (SSSR count). The molecule has 3 N–H and O–H groups in total. The number of hydrogen-bond donors (Lipinski definition) is 3. The second-order valence-electron chi connectivity index (χ2n) is 9.95. The van der Waals surface area contributed by atoms with Gasteiger partial charge in [-0.25, -0.2) is 18.6 Å². The number of nitrogens with zero attached hydrogens (tertiary/aromatic N) is 2. The number of amides is 1. The van der Waals surface area contributed by atoms with Crippen molar-refractivity contribution in [1.29, 1.82) is 0 Å². The number of carboxylic acid groups (broad SMARTS) is 1. The molecular weight excluding hydrogens is 470 g/mol. The maximum Gasteiger partial charge on any atom is 0.326 e. The molecule has 1 aromatic heterocycles. The number of methoxy groups -OCH3 is 1. The summed E-state index contributed by atoms with van der Waals surface area (Å²) in [7, 11) is 1.63. The van der Waals surface area contributed by atoms with Crippen molar-refractivity contribution in [3.05, 3.63) is 23.4 Å². The molecule has 0 radical (unpaired) electrons. The van der Waals surface area contributed by atoms with Crippen LogP contribution in [0.3, 0.4) is 0 Å². The molecule has 2 heterocycles. The molecule has 1 saturated carbocycles. The van der Waals surface area contributed by atoms with Crippen LogP contribution in [0, 0.1) is 5.92 Å². The summed E-state index contributed by atoms with van der Waals surface area (Å²) in [5.41, 5.74) is 2.35. The Morgan fingerprint density at radius 3 is 2.75 bits per heavy atom. The highest BCUT2D eigenvalue weighted by molar-refractivity contribution is 5.85. The zero-order valence-electron chi connectivity index (χ0n) is 21.2. The van der Waals surface area contributed by atoms with Gasteiger partial charge in [0.15, 0.2) is 0 Å². The number of rotatable bonds is 14. The van der Waals surface area contributed by atoms with Gasteiger partial charge < -0.3 is 25.4 Å². The number of fused-ring (bicyclic) bond motifs is 1. The van der Waals surface area contributed by atoms with Gasteiger partial charge >= 0.3 is 5.97 Å². The summed E-state index contributed by atoms with van der Waals surface area (Å²) in [4.78, 5) is 31.2. The van der Waals surface area contributed by atoms with Crippen LogP contribution in [0.2, 0.25) is 0 Å². The summed E-state index contributed by atoms with van der Waals surface area (Å²) in [6.45, 7) is 3.43. The minimum absolute atomic E-state index is 0.0836. The number of carbonyl (C=O) groups is 2. The molecule has 202 valence electrons. The highest BCUT2D eigenvalue weighted by Crippen LogP contribution is 2.36. The van der Waals surface area contributed by atoms with E-state index >= 15 is 0 Å². The summed E-state index contributed by atoms with van der Waals surface area (Å²) in [5.74, 6) is -3.82. The van der Waals surface area contributed by atoms with Gasteiger partial charge in [-0.15, -0.1) is 0 Å². The average molecular weight is 511 g/mol. The van der Waals surface area contributed by atoms with Crippen molar-refractivity contribution in [1.82, 2.24) is 15.2 Å². The molecule has 1 aromatic rings. The fourth-order valence-electron chi connectivity index (χ4n) is 4.87. The number of aromatic nitrogens is 1. The number of nitrogens with one attached hydrogen (secondary N) is 2. The number of hydrogen-bond acceptors (Lipinski definition) is 6. The normalized spacial score (nSPS) is 18.3. The summed E-state index contributed by atoms with van der Waals surface area (Å²) in [6.07, 6.45) is 4.72. The Labute approximate surface area is 212 Å². The molecule has 1 aliphatic carbocycles. The fourth-order valence-corrected chi connectivity index (χ4v) is 4.87. The van der Waals surface area contributed by atoms with Gasteiger partial charge in [-0.05, 0) is 69.5 Å². The van der Waals surface area contributed by atoms with Crippen molar-refractivity contribution >= 4 is 17.7 Å². The van der Waals surface area contributed by atoms with Crippen molar-refractivity contribution in [2.24, 2.45) is 5.92 Å². The third-order valence-electron chi connectivity index (χ3n) is 7.16. The number of carboxylic acids is 1. The minimum Gasteiger partial charge on any atom is -0.480 e. The number of aryl methyl sites for hydroxylation is 2. The quantitative estimate of drug-likeness (QED) is 0.329. The zero-order valence-corrected chi connectivity index (χ0v) is 21.2. The van der Waals surface area contributed by atoms with Gasteiger partial charge in [0.05, 0.1) is 6.61 Å². The molecule has 2 aliphatic rings. The van der Waals surface area contributed by atoms with Crippen LogP contribution < -0.4 is 10.6 Å². The van der Waals surface area contributed by atoms with Crippen molar-refractivity contribution in [2.75, 3.05) is 45.2 Å². The molecule has 1 unspecified atom stereocenters.